The van der Waals surface area contributed by atoms with Gasteiger partial charge in [0.25, 0.3) is 0 Å². The minimum absolute atomic E-state index is 0.123. The van der Waals surface area contributed by atoms with E-state index in [-0.39, 0.29) is 11.9 Å². The van der Waals surface area contributed by atoms with Crippen LogP contribution in [-0.2, 0) is 4.79 Å². The van der Waals surface area contributed by atoms with E-state index >= 15 is 0 Å². The molecular weight excluding hydrogens is 214 g/mol. The van der Waals surface area contributed by atoms with Crippen molar-refractivity contribution in [1.29, 1.82) is 0 Å². The predicted molar refractivity (Wildman–Crippen MR) is 72.8 cm³/mol. The van der Waals surface area contributed by atoms with E-state index in [1.54, 1.807) is 0 Å². The van der Waals surface area contributed by atoms with Gasteiger partial charge in [-0.3, -0.25) is 4.79 Å². The number of carbonyl (C=O) groups is 1. The van der Waals surface area contributed by atoms with Crippen LogP contribution in [0.1, 0.15) is 34.6 Å². The van der Waals surface area contributed by atoms with Crippen LogP contribution in [0.3, 0.4) is 0 Å². The van der Waals surface area contributed by atoms with Gasteiger partial charge in [0.2, 0.25) is 5.91 Å². The van der Waals surface area contributed by atoms with Gasteiger partial charge in [0.15, 0.2) is 0 Å². The van der Waals surface area contributed by atoms with Gasteiger partial charge in [0.1, 0.15) is 0 Å². The minimum atomic E-state index is -0.123. The normalized spacial score (nSPS) is 14.8. The summed E-state index contributed by atoms with van der Waals surface area (Å²) in [6.45, 7) is 13.3. The maximum absolute atomic E-state index is 12.0. The van der Waals surface area contributed by atoms with Crippen LogP contribution in [-0.4, -0.2) is 43.0 Å². The second-order valence-electron chi connectivity index (χ2n) is 4.88. The van der Waals surface area contributed by atoms with Crippen molar-refractivity contribution in [3.63, 3.8) is 0 Å². The van der Waals surface area contributed by atoms with Gasteiger partial charge in [-0.05, 0) is 39.2 Å². The molecule has 0 aliphatic rings. The summed E-state index contributed by atoms with van der Waals surface area (Å²) in [4.78, 5) is 13.9. The summed E-state index contributed by atoms with van der Waals surface area (Å²) >= 11 is 0. The van der Waals surface area contributed by atoms with Crippen LogP contribution in [0.15, 0.2) is 0 Å². The summed E-state index contributed by atoms with van der Waals surface area (Å²) < 4.78 is 0. The Labute approximate surface area is 106 Å². The first-order valence-electron chi connectivity index (χ1n) is 6.70. The molecule has 2 unspecified atom stereocenters. The summed E-state index contributed by atoms with van der Waals surface area (Å²) in [5, 5.41) is 3.29. The fourth-order valence-electron chi connectivity index (χ4n) is 1.82. The quantitative estimate of drug-likeness (QED) is 0.670. The molecule has 0 spiro atoms. The number of nitrogens with one attached hydrogen (secondary N) is 1. The molecule has 17 heavy (non-hydrogen) atoms. The highest BCUT2D eigenvalue weighted by atomic mass is 16.2. The van der Waals surface area contributed by atoms with Gasteiger partial charge in [0, 0.05) is 19.6 Å². The molecule has 2 atom stereocenters. The molecule has 0 aliphatic heterocycles. The standard InChI is InChI=1S/C13H29N3O/c1-6-16(7-2)13(17)11(5)15-9-12(8-14)10(3)4/h10-12,15H,6-9,14H2,1-5H3. The van der Waals surface area contributed by atoms with E-state index in [1.807, 2.05) is 25.7 Å². The molecule has 0 fully saturated rings. The van der Waals surface area contributed by atoms with Gasteiger partial charge >= 0.3 is 0 Å². The molecule has 0 aliphatic carbocycles. The molecule has 0 aromatic rings. The van der Waals surface area contributed by atoms with Crippen molar-refractivity contribution in [2.75, 3.05) is 26.2 Å². The predicted octanol–water partition coefficient (Wildman–Crippen LogP) is 1.06. The molecule has 0 saturated heterocycles. The molecule has 0 radical (unpaired) electrons. The third-order valence-electron chi connectivity index (χ3n) is 3.38. The highest BCUT2D eigenvalue weighted by Gasteiger charge is 2.19. The summed E-state index contributed by atoms with van der Waals surface area (Å²) in [6.07, 6.45) is 0. The van der Waals surface area contributed by atoms with Crippen LogP contribution in [0.2, 0.25) is 0 Å². The van der Waals surface area contributed by atoms with Gasteiger partial charge in [0.05, 0.1) is 6.04 Å². The Morgan fingerprint density at radius 1 is 1.24 bits per heavy atom. The molecule has 4 heteroatoms. The number of amides is 1. The molecule has 3 N–H and O–H groups in total. The maximum Gasteiger partial charge on any atom is 0.239 e. The zero-order valence-corrected chi connectivity index (χ0v) is 12.0. The van der Waals surface area contributed by atoms with Crippen LogP contribution >= 0.6 is 0 Å². The lowest BCUT2D eigenvalue weighted by molar-refractivity contribution is -0.132. The lowest BCUT2D eigenvalue weighted by Crippen LogP contribution is -2.47. The average Bonchev–Trinajstić information content (AvgIpc) is 2.30. The number of carbonyl (C=O) groups excluding carboxylic acids is 1. The molecule has 0 bridgehead atoms. The molecular formula is C13H29N3O. The van der Waals surface area contributed by atoms with Crippen LogP contribution in [0.25, 0.3) is 0 Å². The van der Waals surface area contributed by atoms with Crippen molar-refractivity contribution in [2.45, 2.75) is 40.7 Å². The second kappa shape index (κ2) is 8.48. The first-order chi connectivity index (χ1) is 7.97. The Hall–Kier alpha value is -0.610. The summed E-state index contributed by atoms with van der Waals surface area (Å²) in [6, 6.07) is -0.123. The van der Waals surface area contributed by atoms with Crippen molar-refractivity contribution in [2.24, 2.45) is 17.6 Å². The molecule has 0 saturated carbocycles. The van der Waals surface area contributed by atoms with Crippen LogP contribution in [0.4, 0.5) is 0 Å². The third kappa shape index (κ3) is 5.50. The topological polar surface area (TPSA) is 58.4 Å². The Morgan fingerprint density at radius 2 is 1.76 bits per heavy atom. The van der Waals surface area contributed by atoms with E-state index in [4.69, 9.17) is 5.73 Å². The van der Waals surface area contributed by atoms with Gasteiger partial charge in [-0.2, -0.15) is 0 Å². The number of nitrogens with two attached hydrogens (primary N) is 1. The van der Waals surface area contributed by atoms with E-state index in [9.17, 15) is 4.79 Å². The van der Waals surface area contributed by atoms with E-state index in [0.29, 0.717) is 18.4 Å². The molecule has 1 amide bonds. The highest BCUT2D eigenvalue weighted by molar-refractivity contribution is 5.81. The summed E-state index contributed by atoms with van der Waals surface area (Å²) in [7, 11) is 0. The lowest BCUT2D eigenvalue weighted by atomic mass is 9.96. The van der Waals surface area contributed by atoms with E-state index in [1.165, 1.54) is 0 Å². The van der Waals surface area contributed by atoms with Crippen molar-refractivity contribution in [3.05, 3.63) is 0 Å². The Kier molecular flexibility index (Phi) is 8.17. The molecule has 0 heterocycles. The van der Waals surface area contributed by atoms with Crippen LogP contribution in [0, 0.1) is 11.8 Å². The van der Waals surface area contributed by atoms with Crippen molar-refractivity contribution in [3.8, 4) is 0 Å². The van der Waals surface area contributed by atoms with E-state index in [2.05, 4.69) is 19.2 Å². The maximum atomic E-state index is 12.0. The van der Waals surface area contributed by atoms with Gasteiger partial charge in [-0.15, -0.1) is 0 Å². The van der Waals surface area contributed by atoms with Gasteiger partial charge in [-0.25, -0.2) is 0 Å². The fraction of sp³-hybridized carbons (Fsp3) is 0.923. The van der Waals surface area contributed by atoms with Gasteiger partial charge in [-0.1, -0.05) is 13.8 Å². The number of likely N-dealkylation sites (N-methyl/N-ethyl adjacent to an activating group) is 1. The smallest absolute Gasteiger partial charge is 0.239 e. The Morgan fingerprint density at radius 3 is 2.12 bits per heavy atom. The van der Waals surface area contributed by atoms with E-state index in [0.717, 1.165) is 19.6 Å². The second-order valence-corrected chi connectivity index (χ2v) is 4.88. The average molecular weight is 243 g/mol. The Bertz CT molecular complexity index is 215. The third-order valence-corrected chi connectivity index (χ3v) is 3.38. The summed E-state index contributed by atoms with van der Waals surface area (Å²) in [5.74, 6) is 1.15. The molecule has 0 aromatic carbocycles. The van der Waals surface area contributed by atoms with E-state index < -0.39 is 0 Å². The minimum Gasteiger partial charge on any atom is -0.342 e. The number of hydrogen-bond acceptors (Lipinski definition) is 3. The van der Waals surface area contributed by atoms with Crippen molar-refractivity contribution in [1.82, 2.24) is 10.2 Å². The molecule has 102 valence electrons. The largest absolute Gasteiger partial charge is 0.342 e. The van der Waals surface area contributed by atoms with Crippen LogP contribution in [0.5, 0.6) is 0 Å². The summed E-state index contributed by atoms with van der Waals surface area (Å²) in [5.41, 5.74) is 5.71. The number of hydrogen-bond donors (Lipinski definition) is 2. The van der Waals surface area contributed by atoms with Crippen molar-refractivity contribution < 1.29 is 4.79 Å². The number of nitrogens with zero attached hydrogens (tertiary/aromatic N) is 1. The van der Waals surface area contributed by atoms with Gasteiger partial charge < -0.3 is 16.0 Å². The molecule has 0 rings (SSSR count). The zero-order chi connectivity index (χ0) is 13.4. The zero-order valence-electron chi connectivity index (χ0n) is 12.0. The molecule has 0 aromatic heterocycles. The highest BCUT2D eigenvalue weighted by Crippen LogP contribution is 2.08. The fourth-order valence-corrected chi connectivity index (χ4v) is 1.82. The number of rotatable bonds is 8. The lowest BCUT2D eigenvalue weighted by Gasteiger charge is -2.26. The van der Waals surface area contributed by atoms with Crippen LogP contribution < -0.4 is 11.1 Å². The SMILES string of the molecule is CCN(CC)C(=O)C(C)NCC(CN)C(C)C. The van der Waals surface area contributed by atoms with Crippen molar-refractivity contribution >= 4 is 5.91 Å². The molecule has 4 nitrogen and oxygen atoms in total. The Balaban J connectivity index is 4.16. The first-order valence-corrected chi connectivity index (χ1v) is 6.70. The first kappa shape index (κ1) is 16.4. The monoisotopic (exact) mass is 243 g/mol.